The molecular weight excluding hydrogens is 479 g/mol. The molecule has 0 aromatic heterocycles. The minimum atomic E-state index is -4.52. The van der Waals surface area contributed by atoms with Crippen molar-refractivity contribution in [3.05, 3.63) is 35.4 Å². The van der Waals surface area contributed by atoms with E-state index in [1.807, 2.05) is 0 Å². The van der Waals surface area contributed by atoms with Crippen LogP contribution in [0.1, 0.15) is 22.3 Å². The minimum Gasteiger partial charge on any atom is -0.373 e. The molecular formula is C19H21N2O10PS. The highest BCUT2D eigenvalue weighted by atomic mass is 32.2. The van der Waals surface area contributed by atoms with Crippen molar-refractivity contribution in [1.29, 1.82) is 0 Å². The number of rotatable bonds is 8. The van der Waals surface area contributed by atoms with E-state index >= 15 is 0 Å². The summed E-state index contributed by atoms with van der Waals surface area (Å²) in [6.45, 7) is -0.242. The van der Waals surface area contributed by atoms with E-state index in [1.54, 1.807) is 0 Å². The summed E-state index contributed by atoms with van der Waals surface area (Å²) in [5, 5.41) is 11.4. The number of sulfone groups is 1. The highest BCUT2D eigenvalue weighted by Crippen LogP contribution is 2.35. The van der Waals surface area contributed by atoms with Gasteiger partial charge in [0.15, 0.2) is 9.84 Å². The summed E-state index contributed by atoms with van der Waals surface area (Å²) in [6.07, 6.45) is 0.0751. The number of amides is 2. The van der Waals surface area contributed by atoms with Crippen LogP contribution in [-0.4, -0.2) is 72.1 Å². The van der Waals surface area contributed by atoms with Gasteiger partial charge in [-0.2, -0.15) is 0 Å². The third-order valence-electron chi connectivity index (χ3n) is 4.50. The maximum absolute atomic E-state index is 12.6. The number of methoxy groups -OCH3 is 1. The first-order chi connectivity index (χ1) is 15.4. The zero-order chi connectivity index (χ0) is 24.7. The van der Waals surface area contributed by atoms with E-state index in [0.717, 1.165) is 0 Å². The Morgan fingerprint density at radius 2 is 1.85 bits per heavy atom. The molecule has 33 heavy (non-hydrogen) atoms. The fourth-order valence-corrected chi connectivity index (χ4v) is 5.25. The highest BCUT2D eigenvalue weighted by molar-refractivity contribution is 7.93. The quantitative estimate of drug-likeness (QED) is 0.0969. The van der Waals surface area contributed by atoms with Gasteiger partial charge in [-0.25, -0.2) is 18.5 Å². The zero-order valence-corrected chi connectivity index (χ0v) is 19.0. The number of hydrogen-bond donors (Lipinski definition) is 5. The van der Waals surface area contributed by atoms with Gasteiger partial charge < -0.3 is 19.8 Å². The molecule has 0 unspecified atom stereocenters. The third-order valence-corrected chi connectivity index (χ3v) is 6.88. The molecule has 2 rings (SSSR count). The second kappa shape index (κ2) is 10.9. The van der Waals surface area contributed by atoms with Crippen molar-refractivity contribution in [2.75, 3.05) is 25.2 Å². The second-order valence-corrected chi connectivity index (χ2v) is 10.2. The van der Waals surface area contributed by atoms with Crippen LogP contribution in [0.15, 0.2) is 24.3 Å². The van der Waals surface area contributed by atoms with Crippen molar-refractivity contribution >= 4 is 29.5 Å². The summed E-state index contributed by atoms with van der Waals surface area (Å²) < 4.78 is 43.2. The molecule has 0 aliphatic carbocycles. The molecule has 0 spiro atoms. The number of carbonyl (C=O) groups excluding carboxylic acids is 2. The van der Waals surface area contributed by atoms with Crippen LogP contribution in [0.4, 0.5) is 0 Å². The molecule has 1 saturated heterocycles. The van der Waals surface area contributed by atoms with E-state index in [2.05, 4.69) is 33.5 Å². The number of ether oxygens (including phenoxy) is 1. The highest BCUT2D eigenvalue weighted by Gasteiger charge is 2.57. The lowest BCUT2D eigenvalue weighted by atomic mass is 9.95. The van der Waals surface area contributed by atoms with Gasteiger partial charge in [-0.15, -0.1) is 0 Å². The van der Waals surface area contributed by atoms with Crippen molar-refractivity contribution in [3.8, 4) is 23.7 Å². The maximum Gasteiger partial charge on any atom is 0.469 e. The Labute approximate surface area is 189 Å². The summed E-state index contributed by atoms with van der Waals surface area (Å²) in [6, 6.07) is 4.42. The predicted molar refractivity (Wildman–Crippen MR) is 113 cm³/mol. The van der Waals surface area contributed by atoms with E-state index in [9.17, 15) is 22.6 Å². The molecule has 5 N–H and O–H groups in total. The minimum absolute atomic E-state index is 0.0751. The molecule has 178 valence electrons. The lowest BCUT2D eigenvalue weighted by Crippen LogP contribution is -2.71. The summed E-state index contributed by atoms with van der Waals surface area (Å²) in [5.74, 6) is 7.60. The first kappa shape index (κ1) is 26.5. The smallest absolute Gasteiger partial charge is 0.373 e. The maximum atomic E-state index is 12.6. The molecule has 0 saturated carbocycles. The number of benzene rings is 1. The average molecular weight is 500 g/mol. The van der Waals surface area contributed by atoms with Crippen molar-refractivity contribution in [1.82, 2.24) is 10.8 Å². The molecule has 2 amide bonds. The van der Waals surface area contributed by atoms with Crippen LogP contribution in [-0.2, 0) is 28.5 Å². The Morgan fingerprint density at radius 1 is 1.21 bits per heavy atom. The predicted octanol–water partition coefficient (Wildman–Crippen LogP) is -1.04. The van der Waals surface area contributed by atoms with E-state index in [4.69, 9.17) is 19.7 Å². The average Bonchev–Trinajstić information content (AvgIpc) is 2.73. The number of hydrogen-bond acceptors (Lipinski definition) is 8. The Balaban J connectivity index is 2.02. The van der Waals surface area contributed by atoms with E-state index < -0.39 is 52.6 Å². The SMILES string of the molecule is COC1([C@H](NC(=O)c2ccc(C#CC#CCCOP(=O)(O)O)cc2)C(=O)NO)CS(=O)(=O)C1. The van der Waals surface area contributed by atoms with E-state index in [1.165, 1.54) is 36.9 Å². The van der Waals surface area contributed by atoms with Crippen LogP contribution in [0, 0.1) is 23.7 Å². The number of nitrogens with one attached hydrogen (secondary N) is 2. The van der Waals surface area contributed by atoms with Gasteiger partial charge in [0, 0.05) is 24.7 Å². The normalized spacial score (nSPS) is 16.6. The molecule has 1 heterocycles. The monoisotopic (exact) mass is 500 g/mol. The van der Waals surface area contributed by atoms with Crippen LogP contribution in [0.5, 0.6) is 0 Å². The van der Waals surface area contributed by atoms with Crippen molar-refractivity contribution in [3.63, 3.8) is 0 Å². The number of carbonyl (C=O) groups is 2. The van der Waals surface area contributed by atoms with Crippen LogP contribution >= 0.6 is 7.82 Å². The molecule has 0 bridgehead atoms. The zero-order valence-electron chi connectivity index (χ0n) is 17.3. The number of hydroxylamine groups is 1. The second-order valence-electron chi connectivity index (χ2n) is 6.89. The summed E-state index contributed by atoms with van der Waals surface area (Å²) in [4.78, 5) is 41.7. The molecule has 14 heteroatoms. The van der Waals surface area contributed by atoms with Crippen LogP contribution in [0.3, 0.4) is 0 Å². The number of phosphoric ester groups is 1. The van der Waals surface area contributed by atoms with E-state index in [-0.39, 0.29) is 18.6 Å². The first-order valence-corrected chi connectivity index (χ1v) is 12.6. The Kier molecular flexibility index (Phi) is 8.77. The van der Waals surface area contributed by atoms with Gasteiger partial charge in [0.05, 0.1) is 18.1 Å². The van der Waals surface area contributed by atoms with Crippen LogP contribution in [0.2, 0.25) is 0 Å². The van der Waals surface area contributed by atoms with Gasteiger partial charge in [0.25, 0.3) is 11.8 Å². The van der Waals surface area contributed by atoms with Gasteiger partial charge in [-0.1, -0.05) is 11.8 Å². The van der Waals surface area contributed by atoms with Crippen molar-refractivity contribution in [2.45, 2.75) is 18.1 Å². The largest absolute Gasteiger partial charge is 0.469 e. The van der Waals surface area contributed by atoms with Crippen LogP contribution in [0.25, 0.3) is 0 Å². The van der Waals surface area contributed by atoms with Gasteiger partial charge in [-0.05, 0) is 36.1 Å². The Bertz CT molecular complexity index is 1160. The lowest BCUT2D eigenvalue weighted by Gasteiger charge is -2.44. The van der Waals surface area contributed by atoms with Gasteiger partial charge >= 0.3 is 7.82 Å². The Morgan fingerprint density at radius 3 is 2.36 bits per heavy atom. The van der Waals surface area contributed by atoms with Gasteiger partial charge in [-0.3, -0.25) is 19.3 Å². The fourth-order valence-electron chi connectivity index (χ4n) is 2.95. The van der Waals surface area contributed by atoms with Gasteiger partial charge in [0.2, 0.25) is 0 Å². The summed E-state index contributed by atoms with van der Waals surface area (Å²) >= 11 is 0. The molecule has 1 aliphatic rings. The standard InChI is InChI=1S/C19H21N2O10PS/c1-30-19(12-33(28,29)13-19)16(18(23)21-24)20-17(22)15-9-7-14(8-10-15)6-4-2-3-5-11-31-32(25,26)27/h7-10,16,24H,5,11-13H2,1H3,(H,20,22)(H,21,23)(H2,25,26,27)/t16-/m1/s1. The van der Waals surface area contributed by atoms with Crippen LogP contribution < -0.4 is 10.8 Å². The first-order valence-electron chi connectivity index (χ1n) is 9.21. The van der Waals surface area contributed by atoms with Crippen molar-refractivity contribution in [2.24, 2.45) is 0 Å². The third kappa shape index (κ3) is 7.67. The lowest BCUT2D eigenvalue weighted by molar-refractivity contribution is -0.138. The molecule has 1 atom stereocenters. The molecule has 1 aromatic carbocycles. The summed E-state index contributed by atoms with van der Waals surface area (Å²) in [5.41, 5.74) is 0.564. The fraction of sp³-hybridized carbons (Fsp3) is 0.368. The number of phosphoric acid groups is 1. The van der Waals surface area contributed by atoms with Crippen molar-refractivity contribution < 1.29 is 46.8 Å². The molecule has 12 nitrogen and oxygen atoms in total. The molecule has 1 fully saturated rings. The topological polar surface area (TPSA) is 189 Å². The van der Waals surface area contributed by atoms with E-state index in [0.29, 0.717) is 5.56 Å². The summed E-state index contributed by atoms with van der Waals surface area (Å²) in [7, 11) is -6.73. The van der Waals surface area contributed by atoms with Gasteiger partial charge in [0.1, 0.15) is 11.6 Å². The molecule has 1 aromatic rings. The molecule has 0 radical (unpaired) electrons. The Hall–Kier alpha value is -2.74. The molecule has 1 aliphatic heterocycles.